The second-order valence-corrected chi connectivity index (χ2v) is 7.71. The zero-order valence-electron chi connectivity index (χ0n) is 18.0. The molecule has 0 aliphatic heterocycles. The standard InChI is InChI=1S/C27H25N3.2BrH/c1-2-15-29-16-11-21(12-17-29)22-13-18-30(19-14-22)20-25-23-7-3-5-9-26(23)28-27-10-6-4-8-24(25)27;;/h3-14,16-19H,2,15,20H2,1H3;2*1H/q+2;;/p-2. The summed E-state index contributed by atoms with van der Waals surface area (Å²) >= 11 is 0. The number of aromatic nitrogens is 3. The molecule has 0 radical (unpaired) electrons. The highest BCUT2D eigenvalue weighted by atomic mass is 79.9. The molecule has 3 aromatic heterocycles. The summed E-state index contributed by atoms with van der Waals surface area (Å²) in [6.07, 6.45) is 9.82. The van der Waals surface area contributed by atoms with Gasteiger partial charge in [-0.25, -0.2) is 14.1 Å². The molecule has 3 nitrogen and oxygen atoms in total. The Morgan fingerprint density at radius 2 is 1.09 bits per heavy atom. The van der Waals surface area contributed by atoms with E-state index in [1.54, 1.807) is 0 Å². The molecule has 0 aliphatic rings. The Morgan fingerprint density at radius 3 is 1.59 bits per heavy atom. The third-order valence-corrected chi connectivity index (χ3v) is 5.64. The van der Waals surface area contributed by atoms with Gasteiger partial charge in [-0.3, -0.25) is 0 Å². The second-order valence-electron chi connectivity index (χ2n) is 7.71. The van der Waals surface area contributed by atoms with E-state index in [9.17, 15) is 0 Å². The van der Waals surface area contributed by atoms with Gasteiger partial charge < -0.3 is 34.0 Å². The molecule has 5 aromatic rings. The molecule has 2 aromatic carbocycles. The SMILES string of the molecule is CCC[n+]1ccc(-c2cc[n+](Cc3c4ccccc4nc4ccccc34)cc2)cc1.[Br-].[Br-]. The van der Waals surface area contributed by atoms with Crippen molar-refractivity contribution in [2.75, 3.05) is 0 Å². The summed E-state index contributed by atoms with van der Waals surface area (Å²) in [5.74, 6) is 0. The van der Waals surface area contributed by atoms with Gasteiger partial charge in [0, 0.05) is 47.0 Å². The van der Waals surface area contributed by atoms with Crippen molar-refractivity contribution >= 4 is 21.8 Å². The highest BCUT2D eigenvalue weighted by Crippen LogP contribution is 2.25. The fraction of sp³-hybridized carbons (Fsp3) is 0.148. The third kappa shape index (κ3) is 4.89. The molecule has 0 saturated carbocycles. The number of aryl methyl sites for hydroxylation is 1. The predicted octanol–water partition coefficient (Wildman–Crippen LogP) is -0.904. The van der Waals surface area contributed by atoms with Crippen LogP contribution in [0.3, 0.4) is 0 Å². The highest BCUT2D eigenvalue weighted by Gasteiger charge is 2.13. The molecule has 5 rings (SSSR count). The molecular weight excluding hydrogens is 526 g/mol. The molecule has 0 bridgehead atoms. The minimum Gasteiger partial charge on any atom is -1.00 e. The number of fused-ring (bicyclic) bond motifs is 2. The first-order valence-corrected chi connectivity index (χ1v) is 10.6. The van der Waals surface area contributed by atoms with Crippen molar-refractivity contribution in [2.24, 2.45) is 0 Å². The first-order chi connectivity index (χ1) is 14.8. The van der Waals surface area contributed by atoms with Gasteiger partial charge in [-0.15, -0.1) is 0 Å². The van der Waals surface area contributed by atoms with E-state index in [-0.39, 0.29) is 34.0 Å². The Morgan fingerprint density at radius 1 is 0.625 bits per heavy atom. The maximum Gasteiger partial charge on any atom is 0.175 e. The van der Waals surface area contributed by atoms with Crippen LogP contribution in [0.5, 0.6) is 0 Å². The first-order valence-electron chi connectivity index (χ1n) is 10.6. The minimum absolute atomic E-state index is 0. The van der Waals surface area contributed by atoms with Crippen LogP contribution in [0.15, 0.2) is 97.6 Å². The number of para-hydroxylation sites is 2. The molecule has 0 fully saturated rings. The Bertz CT molecular complexity index is 1260. The zero-order valence-corrected chi connectivity index (χ0v) is 21.1. The molecule has 0 N–H and O–H groups in total. The van der Waals surface area contributed by atoms with E-state index >= 15 is 0 Å². The number of pyridine rings is 3. The number of rotatable bonds is 5. The van der Waals surface area contributed by atoms with E-state index in [1.807, 2.05) is 0 Å². The van der Waals surface area contributed by atoms with E-state index in [2.05, 4.69) is 114 Å². The fourth-order valence-corrected chi connectivity index (χ4v) is 4.09. The van der Waals surface area contributed by atoms with Gasteiger partial charge in [0.2, 0.25) is 0 Å². The van der Waals surface area contributed by atoms with Crippen LogP contribution in [0.1, 0.15) is 18.9 Å². The van der Waals surface area contributed by atoms with Crippen LogP contribution < -0.4 is 43.1 Å². The van der Waals surface area contributed by atoms with Gasteiger partial charge in [0.25, 0.3) is 0 Å². The lowest BCUT2D eigenvalue weighted by molar-refractivity contribution is -0.696. The van der Waals surface area contributed by atoms with Gasteiger partial charge in [-0.05, 0) is 23.3 Å². The fourth-order valence-electron chi connectivity index (χ4n) is 4.09. The largest absolute Gasteiger partial charge is 1.00 e. The van der Waals surface area contributed by atoms with E-state index in [1.165, 1.54) is 27.5 Å². The lowest BCUT2D eigenvalue weighted by Gasteiger charge is -2.09. The first kappa shape index (κ1) is 24.0. The number of benzene rings is 2. The summed E-state index contributed by atoms with van der Waals surface area (Å²) in [5, 5.41) is 2.44. The van der Waals surface area contributed by atoms with Gasteiger partial charge in [0.05, 0.1) is 11.0 Å². The molecule has 5 heteroatoms. The van der Waals surface area contributed by atoms with Crippen LogP contribution in [0.4, 0.5) is 0 Å². The van der Waals surface area contributed by atoms with Gasteiger partial charge in [-0.1, -0.05) is 43.3 Å². The summed E-state index contributed by atoms with van der Waals surface area (Å²) in [6, 6.07) is 25.6. The van der Waals surface area contributed by atoms with Crippen LogP contribution >= 0.6 is 0 Å². The van der Waals surface area contributed by atoms with Crippen molar-refractivity contribution in [1.82, 2.24) is 4.98 Å². The molecule has 0 unspecified atom stereocenters. The van der Waals surface area contributed by atoms with Crippen LogP contribution in [-0.4, -0.2) is 4.98 Å². The van der Waals surface area contributed by atoms with E-state index in [4.69, 9.17) is 4.98 Å². The number of hydrogen-bond donors (Lipinski definition) is 0. The third-order valence-electron chi connectivity index (χ3n) is 5.64. The normalized spacial score (nSPS) is 10.5. The Balaban J connectivity index is 0.00000144. The van der Waals surface area contributed by atoms with Crippen molar-refractivity contribution in [2.45, 2.75) is 26.4 Å². The van der Waals surface area contributed by atoms with Gasteiger partial charge >= 0.3 is 0 Å². The smallest absolute Gasteiger partial charge is 0.175 e. The minimum atomic E-state index is 0. The molecule has 32 heavy (non-hydrogen) atoms. The Hall–Kier alpha value is -2.63. The lowest BCUT2D eigenvalue weighted by Crippen LogP contribution is -3.00. The summed E-state index contributed by atoms with van der Waals surface area (Å²) < 4.78 is 4.48. The highest BCUT2D eigenvalue weighted by molar-refractivity contribution is 5.97. The summed E-state index contributed by atoms with van der Waals surface area (Å²) in [6.45, 7) is 4.07. The van der Waals surface area contributed by atoms with Crippen LogP contribution in [0.25, 0.3) is 32.9 Å². The molecular formula is C27H25Br2N3. The van der Waals surface area contributed by atoms with Crippen LogP contribution in [0, 0.1) is 0 Å². The molecule has 0 saturated heterocycles. The summed E-state index contributed by atoms with van der Waals surface area (Å²) in [7, 11) is 0. The number of halogens is 2. The van der Waals surface area contributed by atoms with E-state index in [0.29, 0.717) is 0 Å². The second kappa shape index (κ2) is 10.8. The molecule has 0 atom stereocenters. The van der Waals surface area contributed by atoms with Crippen molar-refractivity contribution in [1.29, 1.82) is 0 Å². The van der Waals surface area contributed by atoms with Crippen LogP contribution in [-0.2, 0) is 13.1 Å². The molecule has 0 aliphatic carbocycles. The average molecular weight is 551 g/mol. The van der Waals surface area contributed by atoms with Crippen molar-refractivity contribution in [3.63, 3.8) is 0 Å². The van der Waals surface area contributed by atoms with E-state index < -0.39 is 0 Å². The predicted molar refractivity (Wildman–Crippen MR) is 121 cm³/mol. The van der Waals surface area contributed by atoms with Crippen molar-refractivity contribution < 1.29 is 43.1 Å². The van der Waals surface area contributed by atoms with Crippen molar-refractivity contribution in [3.05, 3.63) is 103 Å². The zero-order chi connectivity index (χ0) is 20.3. The summed E-state index contributed by atoms with van der Waals surface area (Å²) in [4.78, 5) is 4.84. The van der Waals surface area contributed by atoms with Crippen molar-refractivity contribution in [3.8, 4) is 11.1 Å². The van der Waals surface area contributed by atoms with Gasteiger partial charge in [0.15, 0.2) is 31.3 Å². The monoisotopic (exact) mass is 549 g/mol. The Kier molecular flexibility index (Phi) is 8.10. The van der Waals surface area contributed by atoms with Crippen LogP contribution in [0.2, 0.25) is 0 Å². The Labute approximate surface area is 209 Å². The summed E-state index contributed by atoms with van der Waals surface area (Å²) in [5.41, 5.74) is 5.89. The molecule has 0 spiro atoms. The lowest BCUT2D eigenvalue weighted by atomic mass is 10.0. The van der Waals surface area contributed by atoms with Gasteiger partial charge in [0.1, 0.15) is 6.54 Å². The molecule has 162 valence electrons. The number of nitrogens with zero attached hydrogens (tertiary/aromatic N) is 3. The maximum absolute atomic E-state index is 4.84. The molecule has 3 heterocycles. The molecule has 0 amide bonds. The maximum atomic E-state index is 4.84. The topological polar surface area (TPSA) is 20.6 Å². The van der Waals surface area contributed by atoms with Gasteiger partial charge in [-0.2, -0.15) is 0 Å². The quantitative estimate of drug-likeness (QED) is 0.205. The average Bonchev–Trinajstić information content (AvgIpc) is 2.80. The number of hydrogen-bond acceptors (Lipinski definition) is 1. The van der Waals surface area contributed by atoms with E-state index in [0.717, 1.165) is 30.5 Å².